The van der Waals surface area contributed by atoms with Crippen molar-refractivity contribution in [2.75, 3.05) is 6.61 Å². The largest absolute Gasteiger partial charge is 0.390 e. The molecule has 2 unspecified atom stereocenters. The van der Waals surface area contributed by atoms with Crippen molar-refractivity contribution >= 4 is 0 Å². The van der Waals surface area contributed by atoms with Gasteiger partial charge in [-0.05, 0) is 12.8 Å². The fourth-order valence-corrected chi connectivity index (χ4v) is 2.26. The van der Waals surface area contributed by atoms with Crippen molar-refractivity contribution in [3.8, 4) is 0 Å². The highest BCUT2D eigenvalue weighted by Crippen LogP contribution is 2.36. The van der Waals surface area contributed by atoms with Crippen LogP contribution in [0.15, 0.2) is 0 Å². The van der Waals surface area contributed by atoms with Gasteiger partial charge in [-0.25, -0.2) is 0 Å². The molecule has 0 aromatic rings. The van der Waals surface area contributed by atoms with Crippen LogP contribution in [-0.4, -0.2) is 23.4 Å². The summed E-state index contributed by atoms with van der Waals surface area (Å²) >= 11 is 0. The summed E-state index contributed by atoms with van der Waals surface area (Å²) in [7, 11) is 0. The van der Waals surface area contributed by atoms with Crippen LogP contribution >= 0.6 is 0 Å². The van der Waals surface area contributed by atoms with E-state index >= 15 is 0 Å². The van der Waals surface area contributed by atoms with Crippen LogP contribution < -0.4 is 0 Å². The number of aliphatic hydroxyl groups is 1. The lowest BCUT2D eigenvalue weighted by molar-refractivity contribution is -0.210. The standard InChI is InChI=1S/C12H24O2/c1-3-5-6-7-11(13)12(8-4-2)9-10-14-12/h11,13H,3-10H2,1-2H3. The van der Waals surface area contributed by atoms with Crippen molar-refractivity contribution in [1.29, 1.82) is 0 Å². The number of hydrogen-bond donors (Lipinski definition) is 1. The normalized spacial score (nSPS) is 28.5. The molecule has 0 amide bonds. The van der Waals surface area contributed by atoms with E-state index in [0.29, 0.717) is 0 Å². The predicted octanol–water partition coefficient (Wildman–Crippen LogP) is 2.89. The third kappa shape index (κ3) is 2.71. The zero-order valence-electron chi connectivity index (χ0n) is 9.59. The van der Waals surface area contributed by atoms with E-state index in [4.69, 9.17) is 4.74 Å². The highest BCUT2D eigenvalue weighted by Gasteiger charge is 2.43. The monoisotopic (exact) mass is 200 g/mol. The van der Waals surface area contributed by atoms with Gasteiger partial charge >= 0.3 is 0 Å². The van der Waals surface area contributed by atoms with E-state index in [0.717, 1.165) is 38.7 Å². The SMILES string of the molecule is CCCCCC(O)C1(CCC)CCO1. The second kappa shape index (κ2) is 5.72. The van der Waals surface area contributed by atoms with E-state index in [9.17, 15) is 5.11 Å². The summed E-state index contributed by atoms with van der Waals surface area (Å²) in [5, 5.41) is 10.1. The summed E-state index contributed by atoms with van der Waals surface area (Å²) < 4.78 is 5.60. The Morgan fingerprint density at radius 1 is 1.29 bits per heavy atom. The summed E-state index contributed by atoms with van der Waals surface area (Å²) in [5.74, 6) is 0. The van der Waals surface area contributed by atoms with Crippen LogP contribution in [0.4, 0.5) is 0 Å². The Balaban J connectivity index is 2.28. The lowest BCUT2D eigenvalue weighted by atomic mass is 9.82. The minimum Gasteiger partial charge on any atom is -0.390 e. The van der Waals surface area contributed by atoms with Gasteiger partial charge in [-0.2, -0.15) is 0 Å². The lowest BCUT2D eigenvalue weighted by Gasteiger charge is -2.45. The van der Waals surface area contributed by atoms with E-state index in [2.05, 4.69) is 13.8 Å². The van der Waals surface area contributed by atoms with Gasteiger partial charge in [0, 0.05) is 6.42 Å². The molecule has 14 heavy (non-hydrogen) atoms. The molecule has 1 fully saturated rings. The zero-order valence-corrected chi connectivity index (χ0v) is 9.59. The second-order valence-electron chi connectivity index (χ2n) is 4.42. The minimum atomic E-state index is -0.234. The van der Waals surface area contributed by atoms with Gasteiger partial charge in [0.05, 0.1) is 18.3 Å². The van der Waals surface area contributed by atoms with E-state index in [1.165, 1.54) is 12.8 Å². The molecule has 2 heteroatoms. The maximum Gasteiger partial charge on any atom is 0.0961 e. The van der Waals surface area contributed by atoms with Crippen molar-refractivity contribution in [2.24, 2.45) is 0 Å². The van der Waals surface area contributed by atoms with Gasteiger partial charge in [0.25, 0.3) is 0 Å². The molecule has 84 valence electrons. The molecule has 1 aliphatic heterocycles. The minimum absolute atomic E-state index is 0.164. The summed E-state index contributed by atoms with van der Waals surface area (Å²) in [4.78, 5) is 0. The molecule has 0 bridgehead atoms. The predicted molar refractivity (Wildman–Crippen MR) is 58.4 cm³/mol. The number of hydrogen-bond acceptors (Lipinski definition) is 2. The highest BCUT2D eigenvalue weighted by atomic mass is 16.5. The van der Waals surface area contributed by atoms with Gasteiger partial charge in [-0.1, -0.05) is 39.5 Å². The van der Waals surface area contributed by atoms with Crippen LogP contribution in [0.5, 0.6) is 0 Å². The second-order valence-corrected chi connectivity index (χ2v) is 4.42. The van der Waals surface area contributed by atoms with Crippen molar-refractivity contribution in [3.63, 3.8) is 0 Å². The number of unbranched alkanes of at least 4 members (excludes halogenated alkanes) is 2. The van der Waals surface area contributed by atoms with Crippen LogP contribution in [0.2, 0.25) is 0 Å². The summed E-state index contributed by atoms with van der Waals surface area (Å²) in [6.45, 7) is 5.18. The molecule has 1 saturated heterocycles. The summed E-state index contributed by atoms with van der Waals surface area (Å²) in [6, 6.07) is 0. The Morgan fingerprint density at radius 2 is 2.00 bits per heavy atom. The first-order valence-electron chi connectivity index (χ1n) is 6.07. The van der Waals surface area contributed by atoms with Crippen molar-refractivity contribution in [2.45, 2.75) is 70.5 Å². The first-order valence-corrected chi connectivity index (χ1v) is 6.07. The number of rotatable bonds is 7. The average Bonchev–Trinajstić information content (AvgIpc) is 2.11. The lowest BCUT2D eigenvalue weighted by Crippen LogP contribution is -2.53. The van der Waals surface area contributed by atoms with Gasteiger partial charge in [-0.15, -0.1) is 0 Å². The molecule has 0 aliphatic carbocycles. The highest BCUT2D eigenvalue weighted by molar-refractivity contribution is 4.93. The Labute approximate surface area is 87.7 Å². The molecular weight excluding hydrogens is 176 g/mol. The van der Waals surface area contributed by atoms with Gasteiger partial charge in [0.2, 0.25) is 0 Å². The fourth-order valence-electron chi connectivity index (χ4n) is 2.26. The van der Waals surface area contributed by atoms with Crippen LogP contribution in [0.1, 0.15) is 58.8 Å². The van der Waals surface area contributed by atoms with Crippen LogP contribution in [0.25, 0.3) is 0 Å². The van der Waals surface area contributed by atoms with Gasteiger partial charge in [0.1, 0.15) is 0 Å². The molecule has 2 nitrogen and oxygen atoms in total. The molecule has 0 saturated carbocycles. The summed E-state index contributed by atoms with van der Waals surface area (Å²) in [6.07, 6.45) is 7.41. The van der Waals surface area contributed by atoms with Crippen LogP contribution in [0.3, 0.4) is 0 Å². The molecule has 0 aromatic heterocycles. The smallest absolute Gasteiger partial charge is 0.0961 e. The number of ether oxygens (including phenoxy) is 1. The third-order valence-corrected chi connectivity index (χ3v) is 3.28. The molecule has 0 aromatic carbocycles. The Hall–Kier alpha value is -0.0800. The molecule has 1 rings (SSSR count). The molecule has 2 atom stereocenters. The maximum absolute atomic E-state index is 10.1. The van der Waals surface area contributed by atoms with Crippen LogP contribution in [0, 0.1) is 0 Å². The van der Waals surface area contributed by atoms with Gasteiger partial charge in [0.15, 0.2) is 0 Å². The first-order chi connectivity index (χ1) is 6.75. The molecule has 1 heterocycles. The van der Waals surface area contributed by atoms with E-state index in [1.807, 2.05) is 0 Å². The topological polar surface area (TPSA) is 29.5 Å². The number of aliphatic hydroxyl groups excluding tert-OH is 1. The van der Waals surface area contributed by atoms with E-state index in [1.54, 1.807) is 0 Å². The molecule has 1 aliphatic rings. The fraction of sp³-hybridized carbons (Fsp3) is 1.00. The Bertz CT molecular complexity index is 152. The van der Waals surface area contributed by atoms with Gasteiger partial charge in [-0.3, -0.25) is 0 Å². The summed E-state index contributed by atoms with van der Waals surface area (Å²) in [5.41, 5.74) is -0.164. The molecule has 1 N–H and O–H groups in total. The Morgan fingerprint density at radius 3 is 2.43 bits per heavy atom. The zero-order chi connectivity index (χ0) is 10.4. The molecular formula is C12H24O2. The van der Waals surface area contributed by atoms with Gasteiger partial charge < -0.3 is 9.84 Å². The maximum atomic E-state index is 10.1. The quantitative estimate of drug-likeness (QED) is 0.640. The Kier molecular flexibility index (Phi) is 4.90. The van der Waals surface area contributed by atoms with Crippen molar-refractivity contribution in [1.82, 2.24) is 0 Å². The van der Waals surface area contributed by atoms with E-state index in [-0.39, 0.29) is 11.7 Å². The van der Waals surface area contributed by atoms with E-state index < -0.39 is 0 Å². The first kappa shape index (κ1) is 12.0. The van der Waals surface area contributed by atoms with Crippen molar-refractivity contribution < 1.29 is 9.84 Å². The van der Waals surface area contributed by atoms with Crippen molar-refractivity contribution in [3.05, 3.63) is 0 Å². The van der Waals surface area contributed by atoms with Crippen LogP contribution in [-0.2, 0) is 4.74 Å². The molecule has 0 spiro atoms. The third-order valence-electron chi connectivity index (χ3n) is 3.28. The molecule has 0 radical (unpaired) electrons. The average molecular weight is 200 g/mol.